The maximum atomic E-state index is 11.8. The molecule has 126 valence electrons. The highest BCUT2D eigenvalue weighted by molar-refractivity contribution is 7.80. The first-order valence-electron chi connectivity index (χ1n) is 7.61. The molecule has 0 bridgehead atoms. The fourth-order valence-corrected chi connectivity index (χ4v) is 2.11. The van der Waals surface area contributed by atoms with Crippen LogP contribution in [0.25, 0.3) is 0 Å². The molecule has 0 heterocycles. The molecule has 2 aromatic rings. The van der Waals surface area contributed by atoms with E-state index in [2.05, 4.69) is 16.2 Å². The number of aryl methyl sites for hydroxylation is 2. The Hall–Kier alpha value is -2.60. The average Bonchev–Trinajstić information content (AvgIpc) is 2.59. The molecule has 0 aliphatic rings. The number of amides is 1. The van der Waals surface area contributed by atoms with E-state index in [1.54, 1.807) is 0 Å². The van der Waals surface area contributed by atoms with Crippen molar-refractivity contribution in [1.82, 2.24) is 16.2 Å². The van der Waals surface area contributed by atoms with Crippen LogP contribution in [0.3, 0.4) is 0 Å². The standard InChI is InChI=1S/C18H21N3O2S/c1-13-8-9-14(2)16(10-13)23-12-17(22)20-21-18(24)19-11-15-6-4-3-5-7-15/h3-10H,11-12H2,1-2H3,(H,20,22)(H2,19,21,24). The van der Waals surface area contributed by atoms with Crippen molar-refractivity contribution >= 4 is 23.2 Å². The topological polar surface area (TPSA) is 62.4 Å². The van der Waals surface area contributed by atoms with Gasteiger partial charge >= 0.3 is 0 Å². The summed E-state index contributed by atoms with van der Waals surface area (Å²) >= 11 is 5.11. The normalized spacial score (nSPS) is 9.92. The Morgan fingerprint density at radius 3 is 2.58 bits per heavy atom. The predicted octanol–water partition coefficient (Wildman–Crippen LogP) is 2.38. The third-order valence-corrected chi connectivity index (χ3v) is 3.56. The van der Waals surface area contributed by atoms with Gasteiger partial charge in [-0.3, -0.25) is 15.6 Å². The van der Waals surface area contributed by atoms with Crippen LogP contribution < -0.4 is 20.9 Å². The van der Waals surface area contributed by atoms with Crippen molar-refractivity contribution in [2.75, 3.05) is 6.61 Å². The zero-order valence-corrected chi connectivity index (χ0v) is 14.6. The van der Waals surface area contributed by atoms with Crippen LogP contribution in [0, 0.1) is 13.8 Å². The maximum Gasteiger partial charge on any atom is 0.276 e. The second kappa shape index (κ2) is 8.88. The molecule has 1 amide bonds. The lowest BCUT2D eigenvalue weighted by Gasteiger charge is -2.13. The van der Waals surface area contributed by atoms with E-state index >= 15 is 0 Å². The molecule has 0 radical (unpaired) electrons. The second-order valence-corrected chi connectivity index (χ2v) is 5.81. The molecule has 2 aromatic carbocycles. The number of nitrogens with one attached hydrogen (secondary N) is 3. The summed E-state index contributed by atoms with van der Waals surface area (Å²) in [7, 11) is 0. The molecule has 0 saturated heterocycles. The van der Waals surface area contributed by atoms with Crippen molar-refractivity contribution in [2.24, 2.45) is 0 Å². The SMILES string of the molecule is Cc1ccc(C)c(OCC(=O)NNC(=S)NCc2ccccc2)c1. The molecule has 0 spiro atoms. The van der Waals surface area contributed by atoms with Gasteiger partial charge in [-0.25, -0.2) is 0 Å². The molecule has 2 rings (SSSR count). The van der Waals surface area contributed by atoms with Gasteiger partial charge in [0.05, 0.1) is 0 Å². The van der Waals surface area contributed by atoms with E-state index < -0.39 is 0 Å². The van der Waals surface area contributed by atoms with Gasteiger partial charge < -0.3 is 10.1 Å². The van der Waals surface area contributed by atoms with Gasteiger partial charge in [-0.05, 0) is 48.8 Å². The smallest absolute Gasteiger partial charge is 0.276 e. The summed E-state index contributed by atoms with van der Waals surface area (Å²) in [6.45, 7) is 4.42. The fraction of sp³-hybridized carbons (Fsp3) is 0.222. The highest BCUT2D eigenvalue weighted by Gasteiger charge is 2.05. The predicted molar refractivity (Wildman–Crippen MR) is 98.6 cm³/mol. The van der Waals surface area contributed by atoms with Gasteiger partial charge in [-0.15, -0.1) is 0 Å². The molecule has 5 nitrogen and oxygen atoms in total. The highest BCUT2D eigenvalue weighted by atomic mass is 32.1. The van der Waals surface area contributed by atoms with Crippen LogP contribution in [0.5, 0.6) is 5.75 Å². The van der Waals surface area contributed by atoms with Crippen LogP contribution in [0.2, 0.25) is 0 Å². The minimum absolute atomic E-state index is 0.0847. The molecule has 0 aliphatic heterocycles. The van der Waals surface area contributed by atoms with Gasteiger partial charge in [0.2, 0.25) is 0 Å². The second-order valence-electron chi connectivity index (χ2n) is 5.40. The lowest BCUT2D eigenvalue weighted by molar-refractivity contribution is -0.123. The summed E-state index contributed by atoms with van der Waals surface area (Å²) in [5, 5.41) is 3.36. The third kappa shape index (κ3) is 5.89. The van der Waals surface area contributed by atoms with E-state index in [0.29, 0.717) is 17.4 Å². The van der Waals surface area contributed by atoms with Crippen molar-refractivity contribution < 1.29 is 9.53 Å². The van der Waals surface area contributed by atoms with Crippen molar-refractivity contribution in [3.63, 3.8) is 0 Å². The van der Waals surface area contributed by atoms with Crippen LogP contribution in [0.4, 0.5) is 0 Å². The Morgan fingerprint density at radius 2 is 1.83 bits per heavy atom. The van der Waals surface area contributed by atoms with E-state index in [9.17, 15) is 4.79 Å². The monoisotopic (exact) mass is 343 g/mol. The van der Waals surface area contributed by atoms with Gasteiger partial charge in [-0.2, -0.15) is 0 Å². The van der Waals surface area contributed by atoms with Gasteiger partial charge in [-0.1, -0.05) is 42.5 Å². The molecule has 0 unspecified atom stereocenters. The highest BCUT2D eigenvalue weighted by Crippen LogP contribution is 2.18. The molecule has 3 N–H and O–H groups in total. The van der Waals surface area contributed by atoms with E-state index in [1.165, 1.54) is 0 Å². The number of hydrogen-bond acceptors (Lipinski definition) is 3. The van der Waals surface area contributed by atoms with Gasteiger partial charge in [0.1, 0.15) is 5.75 Å². The molecular formula is C18H21N3O2S. The van der Waals surface area contributed by atoms with E-state index in [1.807, 2.05) is 62.4 Å². The first-order valence-corrected chi connectivity index (χ1v) is 8.02. The van der Waals surface area contributed by atoms with Gasteiger partial charge in [0, 0.05) is 6.54 Å². The van der Waals surface area contributed by atoms with Crippen molar-refractivity contribution in [2.45, 2.75) is 20.4 Å². The Bertz CT molecular complexity index is 705. The fourth-order valence-electron chi connectivity index (χ4n) is 1.99. The molecule has 0 aromatic heterocycles. The molecule has 6 heteroatoms. The summed E-state index contributed by atoms with van der Waals surface area (Å²) in [4.78, 5) is 11.8. The van der Waals surface area contributed by atoms with Crippen LogP contribution in [-0.4, -0.2) is 17.6 Å². The zero-order chi connectivity index (χ0) is 17.4. The lowest BCUT2D eigenvalue weighted by atomic mass is 10.1. The summed E-state index contributed by atoms with van der Waals surface area (Å²) in [6.07, 6.45) is 0. The minimum Gasteiger partial charge on any atom is -0.483 e. The number of carbonyl (C=O) groups is 1. The number of benzene rings is 2. The Labute approximate surface area is 147 Å². The molecule has 0 atom stereocenters. The van der Waals surface area contributed by atoms with E-state index in [4.69, 9.17) is 17.0 Å². The van der Waals surface area contributed by atoms with Crippen LogP contribution in [0.15, 0.2) is 48.5 Å². The molecular weight excluding hydrogens is 322 g/mol. The number of carbonyl (C=O) groups excluding carboxylic acids is 1. The minimum atomic E-state index is -0.306. The number of rotatable bonds is 5. The Morgan fingerprint density at radius 1 is 1.08 bits per heavy atom. The average molecular weight is 343 g/mol. The zero-order valence-electron chi connectivity index (χ0n) is 13.8. The van der Waals surface area contributed by atoms with Crippen LogP contribution in [-0.2, 0) is 11.3 Å². The van der Waals surface area contributed by atoms with Crippen LogP contribution in [0.1, 0.15) is 16.7 Å². The van der Waals surface area contributed by atoms with Crippen molar-refractivity contribution in [3.8, 4) is 5.75 Å². The first-order chi connectivity index (χ1) is 11.5. The van der Waals surface area contributed by atoms with Gasteiger partial charge in [0.15, 0.2) is 11.7 Å². The van der Waals surface area contributed by atoms with Gasteiger partial charge in [0.25, 0.3) is 5.91 Å². The molecule has 0 saturated carbocycles. The lowest BCUT2D eigenvalue weighted by Crippen LogP contribution is -2.48. The maximum absolute atomic E-state index is 11.8. The molecule has 24 heavy (non-hydrogen) atoms. The molecule has 0 aliphatic carbocycles. The molecule has 0 fully saturated rings. The number of hydrazine groups is 1. The van der Waals surface area contributed by atoms with Crippen LogP contribution >= 0.6 is 12.2 Å². The Kier molecular flexibility index (Phi) is 6.57. The summed E-state index contributed by atoms with van der Waals surface area (Å²) in [6, 6.07) is 15.7. The summed E-state index contributed by atoms with van der Waals surface area (Å²) < 4.78 is 5.53. The largest absolute Gasteiger partial charge is 0.483 e. The van der Waals surface area contributed by atoms with E-state index in [0.717, 1.165) is 16.7 Å². The Balaban J connectivity index is 1.69. The number of hydrogen-bond donors (Lipinski definition) is 3. The van der Waals surface area contributed by atoms with Crippen molar-refractivity contribution in [1.29, 1.82) is 0 Å². The number of ether oxygens (including phenoxy) is 1. The first kappa shape index (κ1) is 17.7. The quantitative estimate of drug-likeness (QED) is 0.575. The number of thiocarbonyl (C=S) groups is 1. The summed E-state index contributed by atoms with van der Waals surface area (Å²) in [5.74, 6) is 0.398. The third-order valence-electron chi connectivity index (χ3n) is 3.31. The van der Waals surface area contributed by atoms with Crippen molar-refractivity contribution in [3.05, 3.63) is 65.2 Å². The summed E-state index contributed by atoms with van der Waals surface area (Å²) in [5.41, 5.74) is 8.34. The van der Waals surface area contributed by atoms with E-state index in [-0.39, 0.29) is 12.5 Å².